The molecular weight excluding hydrogens is 515 g/mol. The van der Waals surface area contributed by atoms with Crippen LogP contribution in [0.4, 0.5) is 25.1 Å². The Morgan fingerprint density at radius 2 is 1.79 bits per heavy atom. The van der Waals surface area contributed by atoms with Crippen molar-refractivity contribution in [3.05, 3.63) is 53.4 Å². The maximum Gasteiger partial charge on any atom is 0.324 e. The molecule has 2 fully saturated rings. The summed E-state index contributed by atoms with van der Waals surface area (Å²) in [6.45, 7) is 6.41. The van der Waals surface area contributed by atoms with Crippen LogP contribution in [0.2, 0.25) is 0 Å². The van der Waals surface area contributed by atoms with Crippen molar-refractivity contribution < 1.29 is 27.2 Å². The van der Waals surface area contributed by atoms with E-state index in [4.69, 9.17) is 19.7 Å². The number of methoxy groups -OCH3 is 1. The highest BCUT2D eigenvalue weighted by molar-refractivity contribution is 5.39. The van der Waals surface area contributed by atoms with Crippen LogP contribution < -0.4 is 20.3 Å². The predicted molar refractivity (Wildman–Crippen MR) is 136 cm³/mol. The van der Waals surface area contributed by atoms with Gasteiger partial charge in [-0.15, -0.1) is 0 Å². The van der Waals surface area contributed by atoms with Gasteiger partial charge >= 0.3 is 6.01 Å². The SMILES string of the molecule is COC1CN(c2nc(C(C)C)no2)CCC1COc1cnc(N2CC(N)C(c3cc(F)c(F)cc3F)C2)nc1. The molecule has 0 bridgehead atoms. The van der Waals surface area contributed by atoms with Gasteiger partial charge < -0.3 is 29.5 Å². The number of hydrogen-bond acceptors (Lipinski definition) is 10. The van der Waals surface area contributed by atoms with Crippen LogP contribution >= 0.6 is 0 Å². The van der Waals surface area contributed by atoms with Crippen molar-refractivity contribution in [1.29, 1.82) is 0 Å². The number of rotatable bonds is 8. The molecule has 4 unspecified atom stereocenters. The van der Waals surface area contributed by atoms with Gasteiger partial charge in [0, 0.05) is 63.2 Å². The van der Waals surface area contributed by atoms with E-state index in [0.29, 0.717) is 49.3 Å². The van der Waals surface area contributed by atoms with Crippen LogP contribution in [0, 0.1) is 23.4 Å². The number of halogens is 3. The lowest BCUT2D eigenvalue weighted by atomic mass is 9.94. The average molecular weight is 548 g/mol. The molecule has 10 nitrogen and oxygen atoms in total. The van der Waals surface area contributed by atoms with Crippen LogP contribution in [0.1, 0.15) is 43.5 Å². The number of nitrogens with zero attached hydrogens (tertiary/aromatic N) is 6. The minimum Gasteiger partial charge on any atom is -0.490 e. The smallest absolute Gasteiger partial charge is 0.324 e. The van der Waals surface area contributed by atoms with E-state index >= 15 is 0 Å². The molecule has 13 heteroatoms. The lowest BCUT2D eigenvalue weighted by molar-refractivity contribution is 0.0206. The molecule has 2 saturated heterocycles. The van der Waals surface area contributed by atoms with Crippen molar-refractivity contribution in [2.24, 2.45) is 11.7 Å². The molecule has 2 aliphatic rings. The maximum atomic E-state index is 14.3. The molecule has 2 aromatic heterocycles. The number of anilines is 2. The van der Waals surface area contributed by atoms with Gasteiger partial charge in [-0.1, -0.05) is 19.0 Å². The molecule has 39 heavy (non-hydrogen) atoms. The number of aromatic nitrogens is 4. The first kappa shape index (κ1) is 27.1. The number of ether oxygens (including phenoxy) is 2. The molecule has 0 saturated carbocycles. The Bertz CT molecular complexity index is 1280. The van der Waals surface area contributed by atoms with Crippen molar-refractivity contribution in [3.63, 3.8) is 0 Å². The summed E-state index contributed by atoms with van der Waals surface area (Å²) < 4.78 is 58.5. The van der Waals surface area contributed by atoms with Gasteiger partial charge in [0.1, 0.15) is 5.82 Å². The highest BCUT2D eigenvalue weighted by Gasteiger charge is 2.35. The average Bonchev–Trinajstić information content (AvgIpc) is 3.57. The van der Waals surface area contributed by atoms with Gasteiger partial charge in [-0.25, -0.2) is 23.1 Å². The third-order valence-electron chi connectivity index (χ3n) is 7.38. The Morgan fingerprint density at radius 1 is 1.05 bits per heavy atom. The Balaban J connectivity index is 1.16. The minimum absolute atomic E-state index is 0.0436. The second kappa shape index (κ2) is 11.3. The summed E-state index contributed by atoms with van der Waals surface area (Å²) in [5.74, 6) is -1.78. The van der Waals surface area contributed by atoms with E-state index in [9.17, 15) is 13.2 Å². The summed E-state index contributed by atoms with van der Waals surface area (Å²) in [6, 6.07) is 1.43. The lowest BCUT2D eigenvalue weighted by Crippen LogP contribution is -2.47. The van der Waals surface area contributed by atoms with Crippen molar-refractivity contribution >= 4 is 12.0 Å². The zero-order chi connectivity index (χ0) is 27.7. The molecule has 0 amide bonds. The van der Waals surface area contributed by atoms with Gasteiger partial charge in [0.2, 0.25) is 5.95 Å². The van der Waals surface area contributed by atoms with Crippen LogP contribution in [0.3, 0.4) is 0 Å². The molecule has 0 spiro atoms. The largest absolute Gasteiger partial charge is 0.490 e. The van der Waals surface area contributed by atoms with E-state index in [1.165, 1.54) is 0 Å². The fourth-order valence-corrected chi connectivity index (χ4v) is 5.08. The van der Waals surface area contributed by atoms with Gasteiger partial charge in [-0.2, -0.15) is 4.98 Å². The standard InChI is InChI=1S/C26H32F3N7O3/c1-14(2)24-33-26(39-34-24)35-5-4-15(23(12-35)37-3)13-38-16-8-31-25(32-9-16)36-10-18(22(30)11-36)17-6-20(28)21(29)7-19(17)27/h6-9,14-15,18,22-23H,4-5,10-13,30H2,1-3H3. The van der Waals surface area contributed by atoms with E-state index in [1.807, 2.05) is 18.7 Å². The van der Waals surface area contributed by atoms with Gasteiger partial charge in [0.25, 0.3) is 0 Å². The first-order valence-corrected chi connectivity index (χ1v) is 12.9. The number of piperidine rings is 1. The van der Waals surface area contributed by atoms with Crippen LogP contribution in [-0.2, 0) is 4.74 Å². The quantitative estimate of drug-likeness (QED) is 0.422. The molecule has 2 aliphatic heterocycles. The van der Waals surface area contributed by atoms with E-state index in [1.54, 1.807) is 24.4 Å². The maximum absolute atomic E-state index is 14.3. The Hall–Kier alpha value is -3.45. The molecule has 0 aliphatic carbocycles. The fourth-order valence-electron chi connectivity index (χ4n) is 5.08. The van der Waals surface area contributed by atoms with E-state index in [0.717, 1.165) is 19.0 Å². The molecule has 4 heterocycles. The summed E-state index contributed by atoms with van der Waals surface area (Å²) in [5.41, 5.74) is 6.25. The van der Waals surface area contributed by atoms with Crippen molar-refractivity contribution in [3.8, 4) is 5.75 Å². The highest BCUT2D eigenvalue weighted by atomic mass is 19.2. The normalized spacial score (nSPS) is 23.6. The first-order chi connectivity index (χ1) is 18.7. The van der Waals surface area contributed by atoms with E-state index in [-0.39, 0.29) is 30.0 Å². The van der Waals surface area contributed by atoms with Crippen molar-refractivity contribution in [2.45, 2.75) is 44.2 Å². The Morgan fingerprint density at radius 3 is 2.49 bits per heavy atom. The molecule has 5 rings (SSSR count). The molecular formula is C26H32F3N7O3. The van der Waals surface area contributed by atoms with Crippen molar-refractivity contribution in [1.82, 2.24) is 20.1 Å². The van der Waals surface area contributed by atoms with Gasteiger partial charge in [0.05, 0.1) is 25.1 Å². The Labute approximate surface area is 224 Å². The number of hydrogen-bond donors (Lipinski definition) is 1. The fraction of sp³-hybridized carbons (Fsp3) is 0.538. The van der Waals surface area contributed by atoms with Crippen molar-refractivity contribution in [2.75, 3.05) is 49.7 Å². The summed E-state index contributed by atoms with van der Waals surface area (Å²) in [5, 5.41) is 4.04. The third-order valence-corrected chi connectivity index (χ3v) is 7.38. The molecule has 4 atom stereocenters. The molecule has 210 valence electrons. The zero-order valence-corrected chi connectivity index (χ0v) is 22.1. The van der Waals surface area contributed by atoms with Gasteiger partial charge in [-0.05, 0) is 18.1 Å². The summed E-state index contributed by atoms with van der Waals surface area (Å²) >= 11 is 0. The topological polar surface area (TPSA) is 116 Å². The number of nitrogens with two attached hydrogens (primary N) is 1. The summed E-state index contributed by atoms with van der Waals surface area (Å²) in [7, 11) is 1.67. The summed E-state index contributed by atoms with van der Waals surface area (Å²) in [4.78, 5) is 17.1. The zero-order valence-electron chi connectivity index (χ0n) is 22.1. The van der Waals surface area contributed by atoms with Crippen LogP contribution in [0.15, 0.2) is 29.0 Å². The Kier molecular flexibility index (Phi) is 7.89. The predicted octanol–water partition coefficient (Wildman–Crippen LogP) is 3.25. The first-order valence-electron chi connectivity index (χ1n) is 12.9. The molecule has 1 aromatic carbocycles. The minimum atomic E-state index is -1.23. The van der Waals surface area contributed by atoms with E-state index < -0.39 is 29.4 Å². The summed E-state index contributed by atoms with van der Waals surface area (Å²) in [6.07, 6.45) is 3.86. The molecule has 0 radical (unpaired) electrons. The molecule has 2 N–H and O–H groups in total. The van der Waals surface area contributed by atoms with Crippen LogP contribution in [0.25, 0.3) is 0 Å². The van der Waals surface area contributed by atoms with Gasteiger partial charge in [-0.3, -0.25) is 0 Å². The van der Waals surface area contributed by atoms with Crippen LogP contribution in [0.5, 0.6) is 5.75 Å². The second-order valence-corrected chi connectivity index (χ2v) is 10.4. The third kappa shape index (κ3) is 5.78. The van der Waals surface area contributed by atoms with E-state index in [2.05, 4.69) is 20.1 Å². The number of benzene rings is 1. The second-order valence-electron chi connectivity index (χ2n) is 10.4. The highest BCUT2D eigenvalue weighted by Crippen LogP contribution is 2.32. The lowest BCUT2D eigenvalue weighted by Gasteiger charge is -2.36. The van der Waals surface area contributed by atoms with Gasteiger partial charge in [0.15, 0.2) is 23.2 Å². The molecule has 3 aromatic rings. The monoisotopic (exact) mass is 547 g/mol. The van der Waals surface area contributed by atoms with Crippen LogP contribution in [-0.4, -0.2) is 72.2 Å².